The van der Waals surface area contributed by atoms with Crippen molar-refractivity contribution in [2.75, 3.05) is 6.26 Å². The van der Waals surface area contributed by atoms with Gasteiger partial charge in [-0.05, 0) is 17.7 Å². The Morgan fingerprint density at radius 2 is 1.77 bits per heavy atom. The number of amidine groups is 1. The number of nitrogens with two attached hydrogens (primary N) is 1. The van der Waals surface area contributed by atoms with Crippen LogP contribution < -0.4 is 5.73 Å². The van der Waals surface area contributed by atoms with Gasteiger partial charge >= 0.3 is 0 Å². The van der Waals surface area contributed by atoms with E-state index >= 15 is 0 Å². The van der Waals surface area contributed by atoms with E-state index in [1.54, 1.807) is 6.20 Å². The van der Waals surface area contributed by atoms with Crippen LogP contribution in [-0.2, 0) is 16.5 Å². The molecule has 1 aromatic heterocycles. The summed E-state index contributed by atoms with van der Waals surface area (Å²) in [6.07, 6.45) is 2.99. The maximum atomic E-state index is 9.19. The zero-order valence-corrected chi connectivity index (χ0v) is 12.8. The van der Waals surface area contributed by atoms with Gasteiger partial charge in [-0.1, -0.05) is 30.3 Å². The van der Waals surface area contributed by atoms with E-state index in [9.17, 15) is 8.42 Å². The van der Waals surface area contributed by atoms with Crippen LogP contribution >= 0.6 is 0 Å². The number of benzene rings is 1. The van der Waals surface area contributed by atoms with Crippen molar-refractivity contribution in [2.45, 2.75) is 6.42 Å². The molecule has 0 bridgehead atoms. The van der Waals surface area contributed by atoms with Gasteiger partial charge in [0.15, 0.2) is 0 Å². The summed E-state index contributed by atoms with van der Waals surface area (Å²) in [6.45, 7) is 0. The fourth-order valence-electron chi connectivity index (χ4n) is 1.55. The van der Waals surface area contributed by atoms with Gasteiger partial charge in [0, 0.05) is 18.2 Å². The number of aromatic nitrogens is 1. The van der Waals surface area contributed by atoms with Gasteiger partial charge in [0.05, 0.1) is 17.8 Å². The Kier molecular flexibility index (Phi) is 7.95. The molecule has 120 valence electrons. The SMILES string of the molecule is CS(=O)(=O)O.N=C(N)Cc1ccc(-c2ccccn2)cc1.O. The average Bonchev–Trinajstić information content (AvgIpc) is 2.38. The van der Waals surface area contributed by atoms with Crippen molar-refractivity contribution in [1.82, 2.24) is 4.98 Å². The number of nitrogens with one attached hydrogen (secondary N) is 1. The maximum Gasteiger partial charge on any atom is 0.261 e. The largest absolute Gasteiger partial charge is 0.412 e. The van der Waals surface area contributed by atoms with E-state index in [0.29, 0.717) is 12.7 Å². The van der Waals surface area contributed by atoms with E-state index in [2.05, 4.69) is 4.98 Å². The first kappa shape index (κ1) is 19.7. The molecule has 0 saturated carbocycles. The van der Waals surface area contributed by atoms with Gasteiger partial charge in [0.25, 0.3) is 10.1 Å². The lowest BCUT2D eigenvalue weighted by Crippen LogP contribution is -2.12. The first-order valence-corrected chi connectivity index (χ1v) is 7.86. The Morgan fingerprint density at radius 3 is 2.18 bits per heavy atom. The molecule has 1 heterocycles. The molecule has 0 aliphatic carbocycles. The number of hydrogen-bond donors (Lipinski definition) is 3. The van der Waals surface area contributed by atoms with Gasteiger partial charge in [-0.2, -0.15) is 8.42 Å². The van der Waals surface area contributed by atoms with Crippen molar-refractivity contribution < 1.29 is 18.4 Å². The Labute approximate surface area is 129 Å². The molecule has 2 rings (SSSR count). The number of pyridine rings is 1. The summed E-state index contributed by atoms with van der Waals surface area (Å²) in [7, 11) is -3.67. The lowest BCUT2D eigenvalue weighted by atomic mass is 10.1. The lowest BCUT2D eigenvalue weighted by Gasteiger charge is -2.02. The highest BCUT2D eigenvalue weighted by Gasteiger charge is 1.99. The molecule has 0 radical (unpaired) electrons. The van der Waals surface area contributed by atoms with Crippen molar-refractivity contribution >= 4 is 16.0 Å². The molecule has 6 N–H and O–H groups in total. The zero-order valence-electron chi connectivity index (χ0n) is 12.0. The smallest absolute Gasteiger partial charge is 0.261 e. The van der Waals surface area contributed by atoms with Crippen LogP contribution in [-0.4, -0.2) is 35.5 Å². The minimum Gasteiger partial charge on any atom is -0.412 e. The van der Waals surface area contributed by atoms with Crippen LogP contribution in [0.3, 0.4) is 0 Å². The minimum atomic E-state index is -3.67. The second kappa shape index (κ2) is 8.88. The molecule has 0 aliphatic heterocycles. The van der Waals surface area contributed by atoms with Crippen LogP contribution in [0.2, 0.25) is 0 Å². The van der Waals surface area contributed by atoms with E-state index in [-0.39, 0.29) is 11.3 Å². The molecule has 0 spiro atoms. The third-order valence-electron chi connectivity index (χ3n) is 2.31. The predicted molar refractivity (Wildman–Crippen MR) is 86.4 cm³/mol. The second-order valence-corrected chi connectivity index (χ2v) is 5.81. The molecule has 8 heteroatoms. The molecule has 22 heavy (non-hydrogen) atoms. The van der Waals surface area contributed by atoms with Crippen molar-refractivity contribution in [3.63, 3.8) is 0 Å². The maximum absolute atomic E-state index is 9.19. The molecule has 1 aromatic carbocycles. The Hall–Kier alpha value is -2.29. The average molecular weight is 325 g/mol. The van der Waals surface area contributed by atoms with Crippen molar-refractivity contribution in [1.29, 1.82) is 5.41 Å². The quantitative estimate of drug-likeness (QED) is 0.435. The first-order chi connectivity index (χ1) is 9.75. The summed E-state index contributed by atoms with van der Waals surface area (Å²) in [6, 6.07) is 13.8. The second-order valence-electron chi connectivity index (χ2n) is 4.35. The third kappa shape index (κ3) is 8.80. The summed E-state index contributed by atoms with van der Waals surface area (Å²) in [5.41, 5.74) is 8.43. The fourth-order valence-corrected chi connectivity index (χ4v) is 1.55. The molecule has 2 aromatic rings. The van der Waals surface area contributed by atoms with Crippen molar-refractivity contribution in [2.24, 2.45) is 5.73 Å². The van der Waals surface area contributed by atoms with E-state index in [4.69, 9.17) is 15.7 Å². The van der Waals surface area contributed by atoms with E-state index in [1.807, 2.05) is 42.5 Å². The highest BCUT2D eigenvalue weighted by molar-refractivity contribution is 7.85. The molecule has 0 amide bonds. The topological polar surface area (TPSA) is 149 Å². The summed E-state index contributed by atoms with van der Waals surface area (Å²) >= 11 is 0. The predicted octanol–water partition coefficient (Wildman–Crippen LogP) is 0.906. The zero-order chi connectivity index (χ0) is 15.9. The van der Waals surface area contributed by atoms with Crippen LogP contribution in [0.5, 0.6) is 0 Å². The highest BCUT2D eigenvalue weighted by Crippen LogP contribution is 2.16. The standard InChI is InChI=1S/C13H13N3.CH4O3S.H2O/c14-13(15)9-10-4-6-11(7-5-10)12-3-1-2-8-16-12;1-5(2,3)4;/h1-8H,9H2,(H3,14,15);1H3,(H,2,3,4);1H2. The van der Waals surface area contributed by atoms with Crippen LogP contribution in [0.4, 0.5) is 0 Å². The van der Waals surface area contributed by atoms with Crippen LogP contribution in [0.25, 0.3) is 11.3 Å². The summed E-state index contributed by atoms with van der Waals surface area (Å²) in [5.74, 6) is 0.186. The summed E-state index contributed by atoms with van der Waals surface area (Å²) in [4.78, 5) is 4.27. The molecule has 0 aliphatic rings. The van der Waals surface area contributed by atoms with E-state index in [0.717, 1.165) is 16.8 Å². The molecule has 7 nitrogen and oxygen atoms in total. The van der Waals surface area contributed by atoms with Crippen molar-refractivity contribution in [3.05, 3.63) is 54.2 Å². The van der Waals surface area contributed by atoms with Gasteiger partial charge in [-0.3, -0.25) is 14.9 Å². The summed E-state index contributed by atoms with van der Waals surface area (Å²) in [5, 5.41) is 7.21. The molecular weight excluding hydrogens is 306 g/mol. The van der Waals surface area contributed by atoms with Gasteiger partial charge < -0.3 is 11.2 Å². The number of rotatable bonds is 3. The highest BCUT2D eigenvalue weighted by atomic mass is 32.2. The molecule has 0 atom stereocenters. The fraction of sp³-hybridized carbons (Fsp3) is 0.143. The van der Waals surface area contributed by atoms with Gasteiger partial charge in [0.2, 0.25) is 0 Å². The van der Waals surface area contributed by atoms with Crippen LogP contribution in [0.15, 0.2) is 48.7 Å². The minimum absolute atomic E-state index is 0. The number of hydrogen-bond acceptors (Lipinski definition) is 4. The van der Waals surface area contributed by atoms with Gasteiger partial charge in [-0.25, -0.2) is 0 Å². The van der Waals surface area contributed by atoms with E-state index < -0.39 is 10.1 Å². The van der Waals surface area contributed by atoms with Gasteiger partial charge in [0.1, 0.15) is 0 Å². The Bertz CT molecular complexity index is 678. The van der Waals surface area contributed by atoms with Crippen LogP contribution in [0, 0.1) is 5.41 Å². The third-order valence-corrected chi connectivity index (χ3v) is 2.31. The lowest BCUT2D eigenvalue weighted by molar-refractivity contribution is 0.490. The van der Waals surface area contributed by atoms with Crippen molar-refractivity contribution in [3.8, 4) is 11.3 Å². The van der Waals surface area contributed by atoms with Gasteiger partial charge in [-0.15, -0.1) is 0 Å². The molecule has 0 unspecified atom stereocenters. The Balaban J connectivity index is 0.000000644. The normalized spacial score (nSPS) is 9.91. The molecule has 0 fully saturated rings. The first-order valence-electron chi connectivity index (χ1n) is 6.01. The molecule has 0 saturated heterocycles. The van der Waals surface area contributed by atoms with E-state index in [1.165, 1.54) is 0 Å². The monoisotopic (exact) mass is 325 g/mol. The summed E-state index contributed by atoms with van der Waals surface area (Å²) < 4.78 is 25.9. The molecular formula is C14H19N3O4S. The van der Waals surface area contributed by atoms with Crippen LogP contribution in [0.1, 0.15) is 5.56 Å². The number of nitrogens with zero attached hydrogens (tertiary/aromatic N) is 1. The Morgan fingerprint density at radius 1 is 1.23 bits per heavy atom.